The van der Waals surface area contributed by atoms with E-state index in [-0.39, 0.29) is 22.9 Å². The van der Waals surface area contributed by atoms with Crippen molar-refractivity contribution in [3.05, 3.63) is 58.1 Å². The van der Waals surface area contributed by atoms with Crippen molar-refractivity contribution in [1.29, 1.82) is 0 Å². The fourth-order valence-electron chi connectivity index (χ4n) is 3.84. The highest BCUT2D eigenvalue weighted by molar-refractivity contribution is 6.46. The summed E-state index contributed by atoms with van der Waals surface area (Å²) < 4.78 is 16.2. The number of carbonyl (C=O) groups excluding carboxylic acids is 2. The Kier molecular flexibility index (Phi) is 7.50. The van der Waals surface area contributed by atoms with Gasteiger partial charge in [0.25, 0.3) is 11.7 Å². The number of hydrogen-bond donors (Lipinski definition) is 1. The molecule has 2 aromatic carbocycles. The molecule has 1 fully saturated rings. The summed E-state index contributed by atoms with van der Waals surface area (Å²) in [5.41, 5.74) is 0.765. The fourth-order valence-corrected chi connectivity index (χ4v) is 4.10. The number of methoxy groups -OCH3 is 3. The Balaban J connectivity index is 2.25. The van der Waals surface area contributed by atoms with E-state index in [0.717, 1.165) is 0 Å². The Morgan fingerprint density at radius 2 is 1.76 bits per heavy atom. The van der Waals surface area contributed by atoms with Crippen LogP contribution in [-0.4, -0.2) is 75.1 Å². The molecule has 0 bridgehead atoms. The third-order valence-electron chi connectivity index (χ3n) is 5.48. The molecular weight excluding hydrogens is 448 g/mol. The van der Waals surface area contributed by atoms with E-state index < -0.39 is 17.7 Å². The van der Waals surface area contributed by atoms with Crippen molar-refractivity contribution >= 4 is 29.1 Å². The second-order valence-electron chi connectivity index (χ2n) is 7.73. The molecule has 33 heavy (non-hydrogen) atoms. The van der Waals surface area contributed by atoms with Crippen LogP contribution in [0.2, 0.25) is 5.02 Å². The van der Waals surface area contributed by atoms with Crippen LogP contribution in [0.15, 0.2) is 42.0 Å². The first kappa shape index (κ1) is 24.4. The van der Waals surface area contributed by atoms with Gasteiger partial charge in [-0.15, -0.1) is 0 Å². The summed E-state index contributed by atoms with van der Waals surface area (Å²) in [6, 6.07) is 8.98. The lowest BCUT2D eigenvalue weighted by Gasteiger charge is -2.28. The van der Waals surface area contributed by atoms with E-state index >= 15 is 0 Å². The topological polar surface area (TPSA) is 88.5 Å². The predicted molar refractivity (Wildman–Crippen MR) is 125 cm³/mol. The number of amides is 1. The van der Waals surface area contributed by atoms with Gasteiger partial charge in [-0.3, -0.25) is 9.59 Å². The van der Waals surface area contributed by atoms with E-state index in [1.54, 1.807) is 30.3 Å². The van der Waals surface area contributed by atoms with Gasteiger partial charge in [0.15, 0.2) is 11.5 Å². The molecule has 3 rings (SSSR count). The van der Waals surface area contributed by atoms with Gasteiger partial charge in [-0.2, -0.15) is 0 Å². The molecule has 1 saturated heterocycles. The van der Waals surface area contributed by atoms with Crippen molar-refractivity contribution in [2.45, 2.75) is 6.04 Å². The number of benzene rings is 2. The number of halogens is 1. The number of nitrogens with zero attached hydrogens (tertiary/aromatic N) is 2. The predicted octanol–water partition coefficient (Wildman–Crippen LogP) is 3.35. The number of ether oxygens (including phenoxy) is 3. The number of likely N-dealkylation sites (N-methyl/N-ethyl adjacent to an activating group) is 1. The van der Waals surface area contributed by atoms with E-state index in [9.17, 15) is 14.7 Å². The molecule has 0 unspecified atom stereocenters. The Morgan fingerprint density at radius 1 is 1.06 bits per heavy atom. The number of rotatable bonds is 8. The van der Waals surface area contributed by atoms with Crippen molar-refractivity contribution in [2.75, 3.05) is 48.5 Å². The minimum atomic E-state index is -0.879. The molecule has 9 heteroatoms. The number of carbonyl (C=O) groups is 2. The first-order chi connectivity index (χ1) is 15.7. The largest absolute Gasteiger partial charge is 0.507 e. The fraction of sp³-hybridized carbons (Fsp3) is 0.333. The minimum Gasteiger partial charge on any atom is -0.507 e. The highest BCUT2D eigenvalue weighted by Crippen LogP contribution is 2.45. The van der Waals surface area contributed by atoms with Crippen LogP contribution in [0.1, 0.15) is 17.2 Å². The van der Waals surface area contributed by atoms with Gasteiger partial charge in [-0.1, -0.05) is 23.7 Å². The second-order valence-corrected chi connectivity index (χ2v) is 8.14. The van der Waals surface area contributed by atoms with Gasteiger partial charge < -0.3 is 29.1 Å². The zero-order valence-electron chi connectivity index (χ0n) is 19.2. The summed E-state index contributed by atoms with van der Waals surface area (Å²) in [5, 5.41) is 11.5. The molecule has 0 radical (unpaired) electrons. The van der Waals surface area contributed by atoms with Crippen LogP contribution in [0.25, 0.3) is 5.76 Å². The summed E-state index contributed by atoms with van der Waals surface area (Å²) in [4.78, 5) is 29.6. The Labute approximate surface area is 197 Å². The number of para-hydroxylation sites is 1. The maximum absolute atomic E-state index is 13.2. The number of Topliss-reactive ketones (excluding diaryl/α,β-unsaturated/α-hetero) is 1. The average Bonchev–Trinajstić information content (AvgIpc) is 3.06. The molecule has 0 aromatic heterocycles. The average molecular weight is 475 g/mol. The summed E-state index contributed by atoms with van der Waals surface area (Å²) in [6.07, 6.45) is 0. The second kappa shape index (κ2) is 10.1. The van der Waals surface area contributed by atoms with Crippen LogP contribution in [0.4, 0.5) is 0 Å². The summed E-state index contributed by atoms with van der Waals surface area (Å²) in [6.45, 7) is 0.785. The Morgan fingerprint density at radius 3 is 2.33 bits per heavy atom. The van der Waals surface area contributed by atoms with Crippen LogP contribution >= 0.6 is 11.6 Å². The van der Waals surface area contributed by atoms with Gasteiger partial charge in [0.2, 0.25) is 0 Å². The van der Waals surface area contributed by atoms with Crippen molar-refractivity contribution in [2.24, 2.45) is 0 Å². The van der Waals surface area contributed by atoms with Gasteiger partial charge in [-0.05, 0) is 38.4 Å². The molecule has 0 aliphatic carbocycles. The summed E-state index contributed by atoms with van der Waals surface area (Å²) in [5.74, 6) is -0.576. The Hall–Kier alpha value is -3.23. The molecule has 1 atom stereocenters. The minimum absolute atomic E-state index is 0.0495. The van der Waals surface area contributed by atoms with Gasteiger partial charge in [0, 0.05) is 24.2 Å². The molecule has 1 heterocycles. The monoisotopic (exact) mass is 474 g/mol. The first-order valence-electron chi connectivity index (χ1n) is 10.2. The van der Waals surface area contributed by atoms with E-state index in [4.69, 9.17) is 25.8 Å². The number of hydrogen-bond acceptors (Lipinski definition) is 7. The number of aliphatic hydroxyl groups is 1. The molecule has 1 aliphatic rings. The van der Waals surface area contributed by atoms with Gasteiger partial charge in [0.1, 0.15) is 11.5 Å². The standard InChI is InChI=1S/C24H27ClN2O6/c1-26(2)11-12-27-20(15-7-6-8-18(32-4)23(15)33-5)19(22(29)24(27)30)21(28)14-9-10-17(31-3)16(25)13-14/h6-10,13,20,28H,11-12H2,1-5H3/b21-19+/t20-/m0/s1. The van der Waals surface area contributed by atoms with Crippen molar-refractivity contribution in [1.82, 2.24) is 9.80 Å². The molecule has 1 amide bonds. The zero-order valence-corrected chi connectivity index (χ0v) is 20.0. The zero-order chi connectivity index (χ0) is 24.3. The number of likely N-dealkylation sites (tertiary alicyclic amines) is 1. The smallest absolute Gasteiger partial charge is 0.295 e. The molecule has 0 spiro atoms. The quantitative estimate of drug-likeness (QED) is 0.356. The SMILES string of the molecule is COc1ccc(/C(O)=C2\C(=O)C(=O)N(CCN(C)C)[C@H]2c2cccc(OC)c2OC)cc1Cl. The van der Waals surface area contributed by atoms with Gasteiger partial charge in [0.05, 0.1) is 38.0 Å². The lowest BCUT2D eigenvalue weighted by atomic mass is 9.94. The summed E-state index contributed by atoms with van der Waals surface area (Å²) >= 11 is 6.24. The highest BCUT2D eigenvalue weighted by atomic mass is 35.5. The normalized spacial score (nSPS) is 17.5. The van der Waals surface area contributed by atoms with Crippen LogP contribution in [0, 0.1) is 0 Å². The van der Waals surface area contributed by atoms with Crippen molar-refractivity contribution in [3.8, 4) is 17.2 Å². The third kappa shape index (κ3) is 4.62. The van der Waals surface area contributed by atoms with E-state index in [1.165, 1.54) is 32.3 Å². The molecule has 0 saturated carbocycles. The lowest BCUT2D eigenvalue weighted by molar-refractivity contribution is -0.140. The molecule has 1 aliphatic heterocycles. The molecule has 8 nitrogen and oxygen atoms in total. The van der Waals surface area contributed by atoms with Crippen molar-refractivity contribution < 1.29 is 28.9 Å². The van der Waals surface area contributed by atoms with E-state index in [2.05, 4.69) is 0 Å². The highest BCUT2D eigenvalue weighted by Gasteiger charge is 2.47. The Bertz CT molecular complexity index is 1100. The maximum Gasteiger partial charge on any atom is 0.295 e. The van der Waals surface area contributed by atoms with Crippen LogP contribution in [0.3, 0.4) is 0 Å². The molecule has 176 valence electrons. The van der Waals surface area contributed by atoms with Crippen LogP contribution in [0.5, 0.6) is 17.2 Å². The van der Waals surface area contributed by atoms with Crippen molar-refractivity contribution in [3.63, 3.8) is 0 Å². The van der Waals surface area contributed by atoms with Crippen LogP contribution < -0.4 is 14.2 Å². The molecule has 1 N–H and O–H groups in total. The van der Waals surface area contributed by atoms with Crippen LogP contribution in [-0.2, 0) is 9.59 Å². The summed E-state index contributed by atoms with van der Waals surface area (Å²) in [7, 11) is 8.21. The lowest BCUT2D eigenvalue weighted by Crippen LogP contribution is -2.35. The first-order valence-corrected chi connectivity index (χ1v) is 10.6. The molecular formula is C24H27ClN2O6. The number of ketones is 1. The van der Waals surface area contributed by atoms with E-state index in [1.807, 2.05) is 19.0 Å². The van der Waals surface area contributed by atoms with Gasteiger partial charge >= 0.3 is 0 Å². The van der Waals surface area contributed by atoms with Gasteiger partial charge in [-0.25, -0.2) is 0 Å². The molecule has 2 aromatic rings. The third-order valence-corrected chi connectivity index (χ3v) is 5.78. The van der Waals surface area contributed by atoms with E-state index in [0.29, 0.717) is 34.9 Å². The number of aliphatic hydroxyl groups excluding tert-OH is 1. The maximum atomic E-state index is 13.2.